The molecule has 0 saturated carbocycles. The maximum atomic E-state index is 11.6. The number of hydrogen-bond donors (Lipinski definition) is 1. The average Bonchev–Trinajstić information content (AvgIpc) is 2.32. The molecule has 0 aliphatic carbocycles. The Morgan fingerprint density at radius 2 is 2.35 bits per heavy atom. The molecule has 0 aromatic carbocycles. The van der Waals surface area contributed by atoms with E-state index in [2.05, 4.69) is 15.3 Å². The number of anilines is 1. The Balaban J connectivity index is 2.39. The minimum absolute atomic E-state index is 0.0213. The Morgan fingerprint density at radius 1 is 1.59 bits per heavy atom. The molecule has 1 amide bonds. The van der Waals surface area contributed by atoms with E-state index in [4.69, 9.17) is 11.6 Å². The van der Waals surface area contributed by atoms with Gasteiger partial charge < -0.3 is 10.2 Å². The first-order chi connectivity index (χ1) is 8.15. The van der Waals surface area contributed by atoms with Gasteiger partial charge >= 0.3 is 0 Å². The van der Waals surface area contributed by atoms with Crippen LogP contribution in [0, 0.1) is 0 Å². The van der Waals surface area contributed by atoms with Gasteiger partial charge in [0, 0.05) is 18.7 Å². The van der Waals surface area contributed by atoms with Crippen molar-refractivity contribution in [3.05, 3.63) is 17.0 Å². The standard InChI is InChI=1S/C11H15ClN4O/c1-3-8-9(12)14-6-15-10(8)16-5-4-13-11(17)7(16)2/h6-7H,3-5H2,1-2H3,(H,13,17). The van der Waals surface area contributed by atoms with E-state index in [0.717, 1.165) is 24.3 Å². The Kier molecular flexibility index (Phi) is 3.47. The molecular formula is C11H15ClN4O. The molecular weight excluding hydrogens is 240 g/mol. The molecule has 2 rings (SSSR count). The number of carbonyl (C=O) groups excluding carboxylic acids is 1. The van der Waals surface area contributed by atoms with Gasteiger partial charge in [-0.05, 0) is 13.3 Å². The number of piperazine rings is 1. The van der Waals surface area contributed by atoms with Crippen LogP contribution in [0.25, 0.3) is 0 Å². The van der Waals surface area contributed by atoms with Gasteiger partial charge in [0.2, 0.25) is 5.91 Å². The monoisotopic (exact) mass is 254 g/mol. The molecule has 6 heteroatoms. The van der Waals surface area contributed by atoms with Crippen molar-refractivity contribution in [1.29, 1.82) is 0 Å². The lowest BCUT2D eigenvalue weighted by molar-refractivity contribution is -0.122. The van der Waals surface area contributed by atoms with Gasteiger partial charge in [-0.3, -0.25) is 4.79 Å². The summed E-state index contributed by atoms with van der Waals surface area (Å²) in [7, 11) is 0. The normalized spacial score (nSPS) is 20.3. The maximum absolute atomic E-state index is 11.6. The summed E-state index contributed by atoms with van der Waals surface area (Å²) in [5.41, 5.74) is 0.899. The Morgan fingerprint density at radius 3 is 3.06 bits per heavy atom. The summed E-state index contributed by atoms with van der Waals surface area (Å²) in [6, 6.07) is -0.222. The van der Waals surface area contributed by atoms with Crippen LogP contribution in [0.4, 0.5) is 5.82 Å². The van der Waals surface area contributed by atoms with Gasteiger partial charge in [-0.2, -0.15) is 0 Å². The van der Waals surface area contributed by atoms with E-state index in [1.807, 2.05) is 18.7 Å². The predicted octanol–water partition coefficient (Wildman–Crippen LogP) is 1.02. The third-order valence-corrected chi connectivity index (χ3v) is 3.32. The van der Waals surface area contributed by atoms with Gasteiger partial charge in [0.25, 0.3) is 0 Å². The van der Waals surface area contributed by atoms with Crippen LogP contribution in [-0.2, 0) is 11.2 Å². The summed E-state index contributed by atoms with van der Waals surface area (Å²) in [6.45, 7) is 5.24. The topological polar surface area (TPSA) is 58.1 Å². The van der Waals surface area contributed by atoms with Crippen LogP contribution in [0.5, 0.6) is 0 Å². The largest absolute Gasteiger partial charge is 0.353 e. The van der Waals surface area contributed by atoms with Crippen LogP contribution in [-0.4, -0.2) is 35.0 Å². The minimum atomic E-state index is -0.222. The Bertz CT molecular complexity index is 437. The summed E-state index contributed by atoms with van der Waals surface area (Å²) >= 11 is 6.05. The first-order valence-corrected chi connectivity index (χ1v) is 6.06. The zero-order chi connectivity index (χ0) is 12.4. The highest BCUT2D eigenvalue weighted by Crippen LogP contribution is 2.25. The number of carbonyl (C=O) groups is 1. The lowest BCUT2D eigenvalue weighted by Gasteiger charge is -2.34. The summed E-state index contributed by atoms with van der Waals surface area (Å²) in [6.07, 6.45) is 2.19. The third kappa shape index (κ3) is 2.20. The molecule has 1 aromatic rings. The first kappa shape index (κ1) is 12.1. The molecule has 1 aromatic heterocycles. The van der Waals surface area contributed by atoms with E-state index < -0.39 is 0 Å². The fraction of sp³-hybridized carbons (Fsp3) is 0.545. The number of amides is 1. The molecule has 1 saturated heterocycles. The molecule has 1 N–H and O–H groups in total. The van der Waals surface area contributed by atoms with Gasteiger partial charge in [-0.1, -0.05) is 18.5 Å². The molecule has 1 unspecified atom stereocenters. The van der Waals surface area contributed by atoms with Gasteiger partial charge in [-0.15, -0.1) is 0 Å². The van der Waals surface area contributed by atoms with Crippen molar-refractivity contribution in [1.82, 2.24) is 15.3 Å². The van der Waals surface area contributed by atoms with Crippen LogP contribution in [0.15, 0.2) is 6.33 Å². The third-order valence-electron chi connectivity index (χ3n) is 2.99. The first-order valence-electron chi connectivity index (χ1n) is 5.68. The molecule has 92 valence electrons. The number of aromatic nitrogens is 2. The van der Waals surface area contributed by atoms with Gasteiger partial charge in [0.1, 0.15) is 23.3 Å². The van der Waals surface area contributed by atoms with Crippen LogP contribution in [0.2, 0.25) is 5.15 Å². The van der Waals surface area contributed by atoms with Gasteiger partial charge in [0.05, 0.1) is 0 Å². The van der Waals surface area contributed by atoms with Crippen LogP contribution >= 0.6 is 11.6 Å². The van der Waals surface area contributed by atoms with Crippen LogP contribution in [0.1, 0.15) is 19.4 Å². The molecule has 0 bridgehead atoms. The number of halogens is 1. The van der Waals surface area contributed by atoms with Crippen molar-refractivity contribution in [3.8, 4) is 0 Å². The van der Waals surface area contributed by atoms with E-state index >= 15 is 0 Å². The maximum Gasteiger partial charge on any atom is 0.242 e. The number of rotatable bonds is 2. The molecule has 1 fully saturated rings. The van der Waals surface area contributed by atoms with E-state index in [9.17, 15) is 4.79 Å². The Labute approximate surface area is 105 Å². The second-order valence-electron chi connectivity index (χ2n) is 3.98. The summed E-state index contributed by atoms with van der Waals surface area (Å²) < 4.78 is 0. The quantitative estimate of drug-likeness (QED) is 0.801. The number of nitrogens with zero attached hydrogens (tertiary/aromatic N) is 3. The molecule has 0 spiro atoms. The SMILES string of the molecule is CCc1c(Cl)ncnc1N1CCNC(=O)C1C. The smallest absolute Gasteiger partial charge is 0.242 e. The fourth-order valence-electron chi connectivity index (χ4n) is 2.01. The molecule has 2 heterocycles. The highest BCUT2D eigenvalue weighted by Gasteiger charge is 2.28. The second-order valence-corrected chi connectivity index (χ2v) is 4.34. The Hall–Kier alpha value is -1.36. The van der Waals surface area contributed by atoms with Crippen LogP contribution in [0.3, 0.4) is 0 Å². The van der Waals surface area contributed by atoms with E-state index in [1.54, 1.807) is 0 Å². The van der Waals surface area contributed by atoms with Crippen LogP contribution < -0.4 is 10.2 Å². The van der Waals surface area contributed by atoms with Crippen molar-refractivity contribution in [2.45, 2.75) is 26.3 Å². The zero-order valence-corrected chi connectivity index (χ0v) is 10.7. The van der Waals surface area contributed by atoms with E-state index in [0.29, 0.717) is 11.7 Å². The molecule has 17 heavy (non-hydrogen) atoms. The number of nitrogens with one attached hydrogen (secondary N) is 1. The van der Waals surface area contributed by atoms with Gasteiger partial charge in [0.15, 0.2) is 0 Å². The van der Waals surface area contributed by atoms with Crippen molar-refractivity contribution >= 4 is 23.3 Å². The average molecular weight is 255 g/mol. The lowest BCUT2D eigenvalue weighted by Crippen LogP contribution is -2.54. The zero-order valence-electron chi connectivity index (χ0n) is 9.90. The highest BCUT2D eigenvalue weighted by atomic mass is 35.5. The van der Waals surface area contributed by atoms with Crippen molar-refractivity contribution in [2.75, 3.05) is 18.0 Å². The molecule has 1 aliphatic heterocycles. The molecule has 1 aliphatic rings. The lowest BCUT2D eigenvalue weighted by atomic mass is 10.1. The van der Waals surface area contributed by atoms with Crippen molar-refractivity contribution in [3.63, 3.8) is 0 Å². The molecule has 0 radical (unpaired) electrons. The minimum Gasteiger partial charge on any atom is -0.353 e. The summed E-state index contributed by atoms with van der Waals surface area (Å²) in [4.78, 5) is 21.9. The van der Waals surface area contributed by atoms with Crippen molar-refractivity contribution < 1.29 is 4.79 Å². The van der Waals surface area contributed by atoms with Gasteiger partial charge in [-0.25, -0.2) is 9.97 Å². The van der Waals surface area contributed by atoms with Crippen molar-refractivity contribution in [2.24, 2.45) is 0 Å². The molecule has 1 atom stereocenters. The second kappa shape index (κ2) is 4.87. The summed E-state index contributed by atoms with van der Waals surface area (Å²) in [5, 5.41) is 3.29. The highest BCUT2D eigenvalue weighted by molar-refractivity contribution is 6.30. The van der Waals surface area contributed by atoms with E-state index in [-0.39, 0.29) is 11.9 Å². The molecule has 5 nitrogen and oxygen atoms in total. The predicted molar refractivity (Wildman–Crippen MR) is 66.2 cm³/mol. The number of hydrogen-bond acceptors (Lipinski definition) is 4. The van der Waals surface area contributed by atoms with E-state index in [1.165, 1.54) is 6.33 Å². The fourth-order valence-corrected chi connectivity index (χ4v) is 2.27. The summed E-state index contributed by atoms with van der Waals surface area (Å²) in [5.74, 6) is 0.794.